The fourth-order valence-electron chi connectivity index (χ4n) is 7.65. The van der Waals surface area contributed by atoms with E-state index in [-0.39, 0.29) is 74.3 Å². The molecular weight excluding hydrogens is 1110 g/mol. The number of aryl methyl sites for hydroxylation is 2. The normalized spacial score (nSPS) is 15.8. The first-order chi connectivity index (χ1) is 40.6. The molecule has 2 aromatic carbocycles. The number of aliphatic hydroxyl groups excluding tert-OH is 2. The predicted octanol–water partition coefficient (Wildman–Crippen LogP) is 8.27. The van der Waals surface area contributed by atoms with E-state index in [1.54, 1.807) is 0 Å². The average Bonchev–Trinajstić information content (AvgIpc) is 3.77. The zero-order valence-electron chi connectivity index (χ0n) is 52.7. The van der Waals surface area contributed by atoms with E-state index in [0.717, 1.165) is 32.7 Å². The monoisotopic (exact) mass is 1210 g/mol. The van der Waals surface area contributed by atoms with Crippen molar-refractivity contribution in [2.75, 3.05) is 177 Å². The van der Waals surface area contributed by atoms with Gasteiger partial charge in [-0.05, 0) is 118 Å². The van der Waals surface area contributed by atoms with Gasteiger partial charge in [0.15, 0.2) is 0 Å². The number of nitrogens with zero attached hydrogens (tertiary/aromatic N) is 4. The van der Waals surface area contributed by atoms with Gasteiger partial charge < -0.3 is 90.9 Å². The van der Waals surface area contributed by atoms with Gasteiger partial charge in [0.1, 0.15) is 0 Å². The van der Waals surface area contributed by atoms with Gasteiger partial charge in [0, 0.05) is 18.8 Å². The van der Waals surface area contributed by atoms with Gasteiger partial charge in [-0.2, -0.15) is 0 Å². The number of hydrogen-bond acceptors (Lipinski definition) is 23. The Morgan fingerprint density at radius 1 is 0.405 bits per heavy atom. The highest BCUT2D eigenvalue weighted by molar-refractivity contribution is 7.21. The quantitative estimate of drug-likeness (QED) is 0.0400. The van der Waals surface area contributed by atoms with Crippen molar-refractivity contribution in [1.82, 2.24) is 4.98 Å². The highest BCUT2D eigenvalue weighted by atomic mass is 32.1. The zero-order chi connectivity index (χ0) is 61.2. The first-order valence-electron chi connectivity index (χ1n) is 30.0. The van der Waals surface area contributed by atoms with Gasteiger partial charge in [0.2, 0.25) is 5.13 Å². The highest BCUT2D eigenvalue weighted by Crippen LogP contribution is 2.32. The molecule has 0 aliphatic rings. The maximum absolute atomic E-state index is 8.75. The third-order valence-electron chi connectivity index (χ3n) is 12.5. The smallest absolute Gasteiger partial charge is 0.231 e. The summed E-state index contributed by atoms with van der Waals surface area (Å²) in [5.41, 5.74) is 4.85. The molecule has 3 rings (SSSR count). The Morgan fingerprint density at radius 2 is 0.774 bits per heavy atom. The van der Waals surface area contributed by atoms with Crippen LogP contribution in [0.1, 0.15) is 80.4 Å². The third-order valence-corrected chi connectivity index (χ3v) is 13.4. The Hall–Kier alpha value is -2.99. The van der Waals surface area contributed by atoms with Crippen LogP contribution in [0.2, 0.25) is 0 Å². The Kier molecular flexibility index (Phi) is 42.2. The first-order valence-corrected chi connectivity index (χ1v) is 30.9. The van der Waals surface area contributed by atoms with Crippen molar-refractivity contribution < 1.29 is 86.0 Å². The second-order valence-electron chi connectivity index (χ2n) is 21.1. The van der Waals surface area contributed by atoms with Gasteiger partial charge in [-0.15, -0.1) is 10.2 Å². The summed E-state index contributed by atoms with van der Waals surface area (Å²) in [4.78, 5) is 6.96. The van der Waals surface area contributed by atoms with Crippen LogP contribution in [0.3, 0.4) is 0 Å². The Balaban J connectivity index is 1.36. The van der Waals surface area contributed by atoms with Crippen molar-refractivity contribution in [1.29, 1.82) is 0 Å². The summed E-state index contributed by atoms with van der Waals surface area (Å²) >= 11 is 1.53. The van der Waals surface area contributed by atoms with Crippen molar-refractivity contribution in [2.45, 2.75) is 144 Å². The molecule has 0 spiro atoms. The van der Waals surface area contributed by atoms with Gasteiger partial charge in [-0.1, -0.05) is 23.5 Å². The van der Waals surface area contributed by atoms with Crippen LogP contribution >= 0.6 is 11.3 Å². The molecule has 0 saturated carbocycles. The van der Waals surface area contributed by atoms with Crippen molar-refractivity contribution in [3.63, 3.8) is 0 Å². The molecule has 23 heteroatoms. The molecular formula is C61H106N4O18S. The Bertz CT molecular complexity index is 2020. The molecule has 0 aliphatic heterocycles. The maximum Gasteiger partial charge on any atom is 0.231 e. The lowest BCUT2D eigenvalue weighted by molar-refractivity contribution is -0.101. The topological polar surface area (TPSA) is 229 Å². The molecule has 1 heterocycles. The number of ether oxygens (including phenoxy) is 16. The maximum atomic E-state index is 8.75. The van der Waals surface area contributed by atoms with E-state index >= 15 is 0 Å². The molecule has 10 atom stereocenters. The van der Waals surface area contributed by atoms with Crippen molar-refractivity contribution >= 4 is 38.1 Å². The Morgan fingerprint density at radius 3 is 1.15 bits per heavy atom. The highest BCUT2D eigenvalue weighted by Gasteiger charge is 2.17. The van der Waals surface area contributed by atoms with Crippen LogP contribution in [0.25, 0.3) is 10.2 Å². The van der Waals surface area contributed by atoms with Gasteiger partial charge >= 0.3 is 0 Å². The van der Waals surface area contributed by atoms with Crippen LogP contribution in [0, 0.1) is 13.8 Å². The second-order valence-corrected chi connectivity index (χ2v) is 22.1. The summed E-state index contributed by atoms with van der Waals surface area (Å²) < 4.78 is 94.4. The van der Waals surface area contributed by atoms with Crippen LogP contribution in [0.4, 0.5) is 16.5 Å². The van der Waals surface area contributed by atoms with E-state index < -0.39 is 0 Å². The summed E-state index contributed by atoms with van der Waals surface area (Å²) in [6.07, 6.45) is -1.17. The third kappa shape index (κ3) is 36.4. The molecule has 0 amide bonds. The minimum atomic E-state index is -0.142. The van der Waals surface area contributed by atoms with Gasteiger partial charge in [0.25, 0.3) is 0 Å². The van der Waals surface area contributed by atoms with Crippen LogP contribution in [-0.4, -0.2) is 248 Å². The van der Waals surface area contributed by atoms with Gasteiger partial charge in [-0.3, -0.25) is 0 Å². The molecule has 22 nitrogen and oxygen atoms in total. The summed E-state index contributed by atoms with van der Waals surface area (Å²) in [6.45, 7) is 34.7. The number of hydrogen-bond donors (Lipinski definition) is 2. The predicted molar refractivity (Wildman–Crippen MR) is 325 cm³/mol. The number of thiazole rings is 1. The lowest BCUT2D eigenvalue weighted by Gasteiger charge is -2.26. The van der Waals surface area contributed by atoms with E-state index in [1.165, 1.54) is 11.3 Å². The molecule has 10 unspecified atom stereocenters. The average molecular weight is 1220 g/mol. The van der Waals surface area contributed by atoms with Gasteiger partial charge in [-0.25, -0.2) is 4.98 Å². The SMILES string of the molecule is Cc1cc(N(CCOCC(C)OCC(C)OCC(C)OCC(C)OCC(C)OCCOCCOCCO)CCOCC(C)OCC(C)OCC(C)OCC(C)OCC(C)OCCOCCOCCO)ccc1/N=N/c1nc2c(C)cccc2s1. The summed E-state index contributed by atoms with van der Waals surface area (Å²) in [6, 6.07) is 12.3. The number of benzene rings is 2. The van der Waals surface area contributed by atoms with E-state index in [1.807, 2.05) is 88.3 Å². The lowest BCUT2D eigenvalue weighted by atomic mass is 10.1. The van der Waals surface area contributed by atoms with E-state index in [9.17, 15) is 0 Å². The number of aliphatic hydroxyl groups is 2. The van der Waals surface area contributed by atoms with E-state index in [2.05, 4.69) is 46.3 Å². The minimum Gasteiger partial charge on any atom is -0.394 e. The van der Waals surface area contributed by atoms with Crippen molar-refractivity contribution in [2.24, 2.45) is 10.2 Å². The number of aromatic nitrogens is 1. The zero-order valence-corrected chi connectivity index (χ0v) is 53.6. The van der Waals surface area contributed by atoms with E-state index in [0.29, 0.717) is 164 Å². The summed E-state index contributed by atoms with van der Waals surface area (Å²) in [5, 5.41) is 27.2. The fraction of sp³-hybridized carbons (Fsp3) is 0.787. The van der Waals surface area contributed by atoms with E-state index in [4.69, 9.17) is 91.0 Å². The number of para-hydroxylation sites is 1. The van der Waals surface area contributed by atoms with Crippen LogP contribution < -0.4 is 4.90 Å². The lowest BCUT2D eigenvalue weighted by Crippen LogP contribution is -2.33. The fourth-order valence-corrected chi connectivity index (χ4v) is 8.51. The van der Waals surface area contributed by atoms with Crippen LogP contribution in [0.15, 0.2) is 46.6 Å². The summed E-state index contributed by atoms with van der Waals surface area (Å²) in [7, 11) is 0. The molecule has 2 N–H and O–H groups in total. The summed E-state index contributed by atoms with van der Waals surface area (Å²) in [5.74, 6) is 0. The molecule has 0 radical (unpaired) electrons. The minimum absolute atomic E-state index is 0.00596. The van der Waals surface area contributed by atoms with Crippen LogP contribution in [0.5, 0.6) is 0 Å². The van der Waals surface area contributed by atoms with Crippen molar-refractivity contribution in [3.8, 4) is 0 Å². The number of anilines is 1. The molecule has 3 aromatic rings. The molecule has 0 bridgehead atoms. The molecule has 1 aromatic heterocycles. The standard InChI is InChI=1S/C61H106N4O18S/c1-45-14-13-15-59-60(45)62-61(84-59)64-63-58-17-16-57(34-46(58)2)65(18-22-72-35-47(3)76-39-51(7)80-43-55(11)82-41-53(9)78-37-49(5)74-32-30-70-28-26-68-24-20-66)19-23-73-36-48(4)77-40-52(8)81-44-56(12)83-42-54(10)79-38-50(6)75-33-31-71-29-27-69-25-21-67/h13-17,34,47-56,66-67H,18-33,35-44H2,1-12H3/b64-63+. The first kappa shape index (κ1) is 75.3. The number of fused-ring (bicyclic) bond motifs is 1. The molecule has 0 aliphatic carbocycles. The Labute approximate surface area is 505 Å². The van der Waals surface area contributed by atoms with Crippen molar-refractivity contribution in [3.05, 3.63) is 47.5 Å². The molecule has 84 heavy (non-hydrogen) atoms. The second kappa shape index (κ2) is 47.1. The number of azo groups is 1. The molecule has 0 saturated heterocycles. The molecule has 0 fully saturated rings. The largest absolute Gasteiger partial charge is 0.394 e. The van der Waals surface area contributed by atoms with Gasteiger partial charge in [0.05, 0.1) is 236 Å². The van der Waals surface area contributed by atoms with Crippen LogP contribution in [-0.2, 0) is 75.8 Å². The number of rotatable bonds is 55. The molecule has 484 valence electrons.